The summed E-state index contributed by atoms with van der Waals surface area (Å²) in [4.78, 5) is 22.1. The predicted molar refractivity (Wildman–Crippen MR) is 84.8 cm³/mol. The average Bonchev–Trinajstić information content (AvgIpc) is 2.78. The molecule has 120 valence electrons. The van der Waals surface area contributed by atoms with Crippen molar-refractivity contribution in [3.8, 4) is 0 Å². The minimum Gasteiger partial charge on any atom is -0.393 e. The van der Waals surface area contributed by atoms with Gasteiger partial charge < -0.3 is 4.74 Å². The maximum Gasteiger partial charge on any atom is 0.321 e. The third-order valence-corrected chi connectivity index (χ3v) is 4.00. The number of carbonyl (C=O) groups excluding carboxylic acids is 2. The zero-order chi connectivity index (χ0) is 15.3. The van der Waals surface area contributed by atoms with E-state index >= 15 is 0 Å². The van der Waals surface area contributed by atoms with Gasteiger partial charge in [-0.1, -0.05) is 76.9 Å². The van der Waals surface area contributed by atoms with Crippen LogP contribution in [0, 0.1) is 5.92 Å². The van der Waals surface area contributed by atoms with Crippen molar-refractivity contribution in [1.82, 2.24) is 0 Å². The number of ether oxygens (including phenoxy) is 1. The highest BCUT2D eigenvalue weighted by molar-refractivity contribution is 5.95. The molecule has 0 saturated carbocycles. The summed E-state index contributed by atoms with van der Waals surface area (Å²) in [6.45, 7) is 2.25. The van der Waals surface area contributed by atoms with E-state index in [0.29, 0.717) is 0 Å². The maximum atomic E-state index is 11.2. The van der Waals surface area contributed by atoms with Gasteiger partial charge in [-0.05, 0) is 12.8 Å². The summed E-state index contributed by atoms with van der Waals surface area (Å²) < 4.78 is 4.50. The van der Waals surface area contributed by atoms with E-state index in [2.05, 4.69) is 11.7 Å². The van der Waals surface area contributed by atoms with Crippen molar-refractivity contribution in [2.45, 2.75) is 84.0 Å². The molecule has 0 aromatic rings. The molecular weight excluding hydrogens is 264 g/mol. The van der Waals surface area contributed by atoms with Crippen LogP contribution in [0.25, 0.3) is 0 Å². The summed E-state index contributed by atoms with van der Waals surface area (Å²) in [5.41, 5.74) is 0. The number of unbranched alkanes of at least 4 members (excludes halogenated alkanes) is 10. The summed E-state index contributed by atoms with van der Waals surface area (Å²) >= 11 is 0. The third-order valence-electron chi connectivity index (χ3n) is 4.00. The Morgan fingerprint density at radius 1 is 0.952 bits per heavy atom. The summed E-state index contributed by atoms with van der Waals surface area (Å²) in [5, 5.41) is 0. The fourth-order valence-corrected chi connectivity index (χ4v) is 2.65. The van der Waals surface area contributed by atoms with Gasteiger partial charge in [0.05, 0.1) is 12.3 Å². The molecular formula is C18H30O3. The van der Waals surface area contributed by atoms with E-state index in [9.17, 15) is 9.59 Å². The molecule has 0 unspecified atom stereocenters. The lowest BCUT2D eigenvalue weighted by Gasteiger charge is -2.01. The summed E-state index contributed by atoms with van der Waals surface area (Å²) in [5.74, 6) is -1.12. The molecule has 1 aliphatic rings. The minimum absolute atomic E-state index is 0.216. The van der Waals surface area contributed by atoms with E-state index in [1.54, 1.807) is 0 Å². The van der Waals surface area contributed by atoms with Crippen molar-refractivity contribution in [3.63, 3.8) is 0 Å². The van der Waals surface area contributed by atoms with Crippen LogP contribution in [0.5, 0.6) is 0 Å². The Balaban J connectivity index is 1.86. The van der Waals surface area contributed by atoms with Crippen LogP contribution in [0.1, 0.15) is 84.0 Å². The summed E-state index contributed by atoms with van der Waals surface area (Å²) in [6.07, 6.45) is 18.4. The molecule has 0 radical (unpaired) electrons. The fourth-order valence-electron chi connectivity index (χ4n) is 2.65. The van der Waals surface area contributed by atoms with Gasteiger partial charge in [0.25, 0.3) is 0 Å². The first-order valence-electron chi connectivity index (χ1n) is 8.65. The molecule has 21 heavy (non-hydrogen) atoms. The van der Waals surface area contributed by atoms with Crippen LogP contribution < -0.4 is 0 Å². The lowest BCUT2D eigenvalue weighted by Crippen LogP contribution is -2.03. The Morgan fingerprint density at radius 2 is 1.52 bits per heavy atom. The molecule has 0 aromatic carbocycles. The Kier molecular flexibility index (Phi) is 9.84. The van der Waals surface area contributed by atoms with Crippen LogP contribution in [0.3, 0.4) is 0 Å². The number of cyclic esters (lactones) is 2. The molecule has 0 spiro atoms. The van der Waals surface area contributed by atoms with E-state index in [1.807, 2.05) is 12.2 Å². The van der Waals surface area contributed by atoms with Gasteiger partial charge in [-0.25, -0.2) is 0 Å². The zero-order valence-electron chi connectivity index (χ0n) is 13.4. The Labute approximate surface area is 129 Å². The molecule has 1 aliphatic heterocycles. The zero-order valence-corrected chi connectivity index (χ0v) is 13.4. The number of hydrogen-bond donors (Lipinski definition) is 0. The molecule has 1 atom stereocenters. The summed E-state index contributed by atoms with van der Waals surface area (Å²) in [7, 11) is 0. The molecule has 0 N–H and O–H groups in total. The monoisotopic (exact) mass is 294 g/mol. The van der Waals surface area contributed by atoms with E-state index in [-0.39, 0.29) is 18.3 Å². The van der Waals surface area contributed by atoms with Gasteiger partial charge in [0.2, 0.25) is 0 Å². The first-order chi connectivity index (χ1) is 10.2. The molecule has 1 saturated heterocycles. The highest BCUT2D eigenvalue weighted by Crippen LogP contribution is 2.18. The average molecular weight is 294 g/mol. The topological polar surface area (TPSA) is 43.4 Å². The number of hydrogen-bond acceptors (Lipinski definition) is 3. The second-order valence-electron chi connectivity index (χ2n) is 6.00. The first kappa shape index (κ1) is 17.9. The Bertz CT molecular complexity index is 333. The molecule has 1 fully saturated rings. The molecule has 1 heterocycles. The fraction of sp³-hybridized carbons (Fsp3) is 0.778. The Hall–Kier alpha value is -1.12. The molecule has 3 heteroatoms. The molecule has 0 amide bonds. The quantitative estimate of drug-likeness (QED) is 0.221. The van der Waals surface area contributed by atoms with Crippen molar-refractivity contribution in [2.75, 3.05) is 0 Å². The highest BCUT2D eigenvalue weighted by Gasteiger charge is 2.30. The first-order valence-corrected chi connectivity index (χ1v) is 8.65. The minimum atomic E-state index is -0.395. The smallest absolute Gasteiger partial charge is 0.321 e. The third kappa shape index (κ3) is 8.69. The predicted octanol–water partition coefficient (Wildman–Crippen LogP) is 4.94. The maximum absolute atomic E-state index is 11.2. The van der Waals surface area contributed by atoms with E-state index in [4.69, 9.17) is 0 Å². The molecule has 0 aromatic heterocycles. The van der Waals surface area contributed by atoms with Gasteiger partial charge in [0.1, 0.15) is 0 Å². The van der Waals surface area contributed by atoms with Crippen molar-refractivity contribution in [1.29, 1.82) is 0 Å². The van der Waals surface area contributed by atoms with Crippen LogP contribution in [0.2, 0.25) is 0 Å². The van der Waals surface area contributed by atoms with Gasteiger partial charge in [-0.3, -0.25) is 9.59 Å². The molecule has 0 bridgehead atoms. The number of allylic oxidation sites excluding steroid dienone is 1. The lowest BCUT2D eigenvalue weighted by molar-refractivity contribution is -0.152. The van der Waals surface area contributed by atoms with Gasteiger partial charge in [-0.15, -0.1) is 0 Å². The lowest BCUT2D eigenvalue weighted by atomic mass is 10.0. The van der Waals surface area contributed by atoms with Crippen molar-refractivity contribution >= 4 is 11.9 Å². The standard InChI is InChI=1S/C18H30O3/c1-2-3-4-5-6-7-8-9-10-11-12-13-14-16-15-17(19)21-18(16)20/h13-14,16H,2-12,15H2,1H3/b14-13-/t16-/m1/s1. The van der Waals surface area contributed by atoms with Crippen molar-refractivity contribution in [3.05, 3.63) is 12.2 Å². The van der Waals surface area contributed by atoms with Gasteiger partial charge >= 0.3 is 11.9 Å². The SMILES string of the molecule is CCCCCCCCCCCC/C=C\[C@@H]1CC(=O)OC1=O. The van der Waals surface area contributed by atoms with Gasteiger partial charge in [-0.2, -0.15) is 0 Å². The van der Waals surface area contributed by atoms with Crippen molar-refractivity contribution < 1.29 is 14.3 Å². The highest BCUT2D eigenvalue weighted by atomic mass is 16.6. The van der Waals surface area contributed by atoms with Gasteiger partial charge in [0.15, 0.2) is 0 Å². The number of esters is 2. The number of carbonyl (C=O) groups is 2. The van der Waals surface area contributed by atoms with Gasteiger partial charge in [0, 0.05) is 0 Å². The summed E-state index contributed by atoms with van der Waals surface area (Å²) in [6, 6.07) is 0. The largest absolute Gasteiger partial charge is 0.393 e. The van der Waals surface area contributed by atoms with Crippen LogP contribution in [0.4, 0.5) is 0 Å². The number of rotatable bonds is 12. The van der Waals surface area contributed by atoms with E-state index in [1.165, 1.54) is 64.2 Å². The Morgan fingerprint density at radius 3 is 2.05 bits per heavy atom. The van der Waals surface area contributed by atoms with Crippen LogP contribution in [0.15, 0.2) is 12.2 Å². The normalized spacial score (nSPS) is 18.6. The van der Waals surface area contributed by atoms with Crippen molar-refractivity contribution in [2.24, 2.45) is 5.92 Å². The molecule has 3 nitrogen and oxygen atoms in total. The van der Waals surface area contributed by atoms with Crippen LogP contribution >= 0.6 is 0 Å². The molecule has 0 aliphatic carbocycles. The van der Waals surface area contributed by atoms with E-state index in [0.717, 1.165) is 6.42 Å². The second-order valence-corrected chi connectivity index (χ2v) is 6.00. The second kappa shape index (κ2) is 11.5. The van der Waals surface area contributed by atoms with Crippen LogP contribution in [-0.4, -0.2) is 11.9 Å². The van der Waals surface area contributed by atoms with E-state index < -0.39 is 5.97 Å². The van der Waals surface area contributed by atoms with Crippen LogP contribution in [-0.2, 0) is 14.3 Å². The molecule has 1 rings (SSSR count).